The molecule has 2 fully saturated rings. The SMILES string of the molecule is CCNC(=NCC1(N2CCOCC2)CCCCC1)NCCCc1nc(C(C)C)no1. The molecule has 1 aliphatic carbocycles. The van der Waals surface area contributed by atoms with Gasteiger partial charge >= 0.3 is 0 Å². The zero-order valence-corrected chi connectivity index (χ0v) is 19.1. The maximum atomic E-state index is 5.60. The number of aliphatic imine (C=N–C) groups is 1. The van der Waals surface area contributed by atoms with Crippen LogP contribution in [0.2, 0.25) is 0 Å². The summed E-state index contributed by atoms with van der Waals surface area (Å²) >= 11 is 0. The smallest absolute Gasteiger partial charge is 0.226 e. The lowest BCUT2D eigenvalue weighted by Crippen LogP contribution is -2.56. The van der Waals surface area contributed by atoms with Crippen molar-refractivity contribution in [2.24, 2.45) is 4.99 Å². The van der Waals surface area contributed by atoms with Gasteiger partial charge in [-0.15, -0.1) is 0 Å². The average Bonchev–Trinajstić information content (AvgIpc) is 3.26. The van der Waals surface area contributed by atoms with E-state index in [1.165, 1.54) is 32.1 Å². The Balaban J connectivity index is 1.52. The Bertz CT molecular complexity index is 648. The van der Waals surface area contributed by atoms with Crippen LogP contribution >= 0.6 is 0 Å². The molecule has 30 heavy (non-hydrogen) atoms. The maximum absolute atomic E-state index is 5.60. The zero-order chi connectivity index (χ0) is 21.2. The molecule has 0 amide bonds. The molecule has 1 saturated heterocycles. The molecule has 1 aromatic rings. The highest BCUT2D eigenvalue weighted by Gasteiger charge is 2.38. The van der Waals surface area contributed by atoms with Crippen LogP contribution in [0.3, 0.4) is 0 Å². The summed E-state index contributed by atoms with van der Waals surface area (Å²) in [6.45, 7) is 12.6. The first-order chi connectivity index (χ1) is 14.6. The Morgan fingerprint density at radius 3 is 2.60 bits per heavy atom. The van der Waals surface area contributed by atoms with Gasteiger partial charge in [-0.3, -0.25) is 9.89 Å². The fraction of sp³-hybridized carbons (Fsp3) is 0.864. The molecule has 170 valence electrons. The monoisotopic (exact) mass is 420 g/mol. The minimum absolute atomic E-state index is 0.196. The van der Waals surface area contributed by atoms with Gasteiger partial charge in [0.25, 0.3) is 0 Å². The normalized spacial score (nSPS) is 20.5. The summed E-state index contributed by atoms with van der Waals surface area (Å²) in [7, 11) is 0. The Labute approximate surface area is 181 Å². The number of morpholine rings is 1. The third-order valence-corrected chi connectivity index (χ3v) is 6.20. The fourth-order valence-corrected chi connectivity index (χ4v) is 4.44. The topological polar surface area (TPSA) is 87.8 Å². The average molecular weight is 421 g/mol. The first-order valence-electron chi connectivity index (χ1n) is 11.8. The van der Waals surface area contributed by atoms with Gasteiger partial charge < -0.3 is 19.9 Å². The van der Waals surface area contributed by atoms with E-state index in [0.29, 0.717) is 5.92 Å². The van der Waals surface area contributed by atoms with Gasteiger partial charge in [-0.1, -0.05) is 38.3 Å². The number of hydrogen-bond donors (Lipinski definition) is 2. The lowest BCUT2D eigenvalue weighted by atomic mass is 9.80. The summed E-state index contributed by atoms with van der Waals surface area (Å²) in [5.41, 5.74) is 0.196. The molecule has 0 bridgehead atoms. The summed E-state index contributed by atoms with van der Waals surface area (Å²) in [6.07, 6.45) is 8.15. The number of aryl methyl sites for hydroxylation is 1. The molecule has 0 atom stereocenters. The molecular formula is C22H40N6O2. The van der Waals surface area contributed by atoms with E-state index in [1.807, 2.05) is 0 Å². The summed E-state index contributed by atoms with van der Waals surface area (Å²) in [5, 5.41) is 10.9. The summed E-state index contributed by atoms with van der Waals surface area (Å²) in [5.74, 6) is 2.71. The first kappa shape index (κ1) is 23.0. The number of nitrogens with zero attached hydrogens (tertiary/aromatic N) is 4. The Kier molecular flexibility index (Phi) is 8.93. The van der Waals surface area contributed by atoms with Crippen molar-refractivity contribution < 1.29 is 9.26 Å². The van der Waals surface area contributed by atoms with Crippen molar-refractivity contribution in [3.8, 4) is 0 Å². The molecule has 8 nitrogen and oxygen atoms in total. The molecule has 8 heteroatoms. The zero-order valence-electron chi connectivity index (χ0n) is 19.1. The van der Waals surface area contributed by atoms with Crippen LogP contribution in [-0.4, -0.2) is 72.5 Å². The Hall–Kier alpha value is -1.67. The fourth-order valence-electron chi connectivity index (χ4n) is 4.44. The van der Waals surface area contributed by atoms with Crippen molar-refractivity contribution in [1.82, 2.24) is 25.7 Å². The van der Waals surface area contributed by atoms with E-state index in [2.05, 4.69) is 46.4 Å². The molecule has 1 aliphatic heterocycles. The second-order valence-electron chi connectivity index (χ2n) is 8.81. The number of hydrogen-bond acceptors (Lipinski definition) is 6. The molecule has 0 spiro atoms. The van der Waals surface area contributed by atoms with Gasteiger partial charge in [-0.25, -0.2) is 0 Å². The number of aromatic nitrogens is 2. The highest BCUT2D eigenvalue weighted by atomic mass is 16.5. The Morgan fingerprint density at radius 2 is 1.93 bits per heavy atom. The van der Waals surface area contributed by atoms with Crippen LogP contribution in [0.15, 0.2) is 9.52 Å². The first-order valence-corrected chi connectivity index (χ1v) is 11.8. The van der Waals surface area contributed by atoms with Crippen molar-refractivity contribution in [3.63, 3.8) is 0 Å². The van der Waals surface area contributed by atoms with Crippen molar-refractivity contribution in [3.05, 3.63) is 11.7 Å². The highest BCUT2D eigenvalue weighted by molar-refractivity contribution is 5.79. The highest BCUT2D eigenvalue weighted by Crippen LogP contribution is 2.34. The predicted octanol–water partition coefficient (Wildman–Crippen LogP) is 2.72. The van der Waals surface area contributed by atoms with Gasteiger partial charge in [0.1, 0.15) is 0 Å². The second-order valence-corrected chi connectivity index (χ2v) is 8.81. The number of rotatable bonds is 9. The number of ether oxygens (including phenoxy) is 1. The Morgan fingerprint density at radius 1 is 1.17 bits per heavy atom. The number of guanidine groups is 1. The van der Waals surface area contributed by atoms with Gasteiger partial charge in [0.2, 0.25) is 5.89 Å². The van der Waals surface area contributed by atoms with Crippen LogP contribution in [0, 0.1) is 0 Å². The van der Waals surface area contributed by atoms with Gasteiger partial charge in [-0.2, -0.15) is 4.98 Å². The molecule has 3 rings (SSSR count). The quantitative estimate of drug-likeness (QED) is 0.361. The third-order valence-electron chi connectivity index (χ3n) is 6.20. The second kappa shape index (κ2) is 11.6. The van der Waals surface area contributed by atoms with Gasteiger partial charge in [-0.05, 0) is 26.2 Å². The van der Waals surface area contributed by atoms with E-state index in [1.54, 1.807) is 0 Å². The van der Waals surface area contributed by atoms with E-state index in [4.69, 9.17) is 14.3 Å². The standard InChI is InChI=1S/C22H40N6O2/c1-4-23-21(24-12-8-9-19-26-20(18(2)3)27-30-19)25-17-22(10-6-5-7-11-22)28-13-15-29-16-14-28/h18H,4-17H2,1-3H3,(H2,23,24,25). The number of nitrogens with one attached hydrogen (secondary N) is 2. The van der Waals surface area contributed by atoms with Crippen LogP contribution in [-0.2, 0) is 11.2 Å². The van der Waals surface area contributed by atoms with E-state index in [-0.39, 0.29) is 5.54 Å². The van der Waals surface area contributed by atoms with E-state index >= 15 is 0 Å². The van der Waals surface area contributed by atoms with Gasteiger partial charge in [0, 0.05) is 44.1 Å². The van der Waals surface area contributed by atoms with Crippen molar-refractivity contribution in [1.29, 1.82) is 0 Å². The van der Waals surface area contributed by atoms with E-state index < -0.39 is 0 Å². The predicted molar refractivity (Wildman–Crippen MR) is 119 cm³/mol. The molecule has 0 aromatic carbocycles. The van der Waals surface area contributed by atoms with E-state index in [9.17, 15) is 0 Å². The van der Waals surface area contributed by atoms with Gasteiger partial charge in [0.15, 0.2) is 11.8 Å². The molecule has 2 N–H and O–H groups in total. The minimum Gasteiger partial charge on any atom is -0.379 e. The summed E-state index contributed by atoms with van der Waals surface area (Å²) in [6, 6.07) is 0. The van der Waals surface area contributed by atoms with Crippen LogP contribution in [0.4, 0.5) is 0 Å². The van der Waals surface area contributed by atoms with Crippen molar-refractivity contribution in [2.45, 2.75) is 77.2 Å². The largest absolute Gasteiger partial charge is 0.379 e. The molecule has 1 aromatic heterocycles. The van der Waals surface area contributed by atoms with Crippen LogP contribution in [0.1, 0.15) is 76.9 Å². The van der Waals surface area contributed by atoms with Gasteiger partial charge in [0.05, 0.1) is 19.8 Å². The molecule has 2 aliphatic rings. The molecule has 0 radical (unpaired) electrons. The molecule has 0 unspecified atom stereocenters. The maximum Gasteiger partial charge on any atom is 0.226 e. The lowest BCUT2D eigenvalue weighted by Gasteiger charge is -2.47. The van der Waals surface area contributed by atoms with Crippen LogP contribution < -0.4 is 10.6 Å². The molecule has 1 saturated carbocycles. The summed E-state index contributed by atoms with van der Waals surface area (Å²) < 4.78 is 10.9. The minimum atomic E-state index is 0.196. The van der Waals surface area contributed by atoms with Crippen molar-refractivity contribution >= 4 is 5.96 Å². The molecule has 2 heterocycles. The lowest BCUT2D eigenvalue weighted by molar-refractivity contribution is -0.0333. The summed E-state index contributed by atoms with van der Waals surface area (Å²) in [4.78, 5) is 12.1. The van der Waals surface area contributed by atoms with Crippen LogP contribution in [0.25, 0.3) is 0 Å². The van der Waals surface area contributed by atoms with Crippen molar-refractivity contribution in [2.75, 3.05) is 45.9 Å². The van der Waals surface area contributed by atoms with Crippen LogP contribution in [0.5, 0.6) is 0 Å². The van der Waals surface area contributed by atoms with E-state index in [0.717, 1.165) is 76.5 Å². The molecular weight excluding hydrogens is 380 g/mol. The third kappa shape index (κ3) is 6.41.